The van der Waals surface area contributed by atoms with Crippen molar-refractivity contribution < 1.29 is 18.3 Å². The monoisotopic (exact) mass is 494 g/mol. The molecule has 0 radical (unpaired) electrons. The second kappa shape index (κ2) is 8.04. The summed E-state index contributed by atoms with van der Waals surface area (Å²) in [5, 5.41) is 0. The molecule has 1 spiro atoms. The van der Waals surface area contributed by atoms with E-state index in [2.05, 4.69) is 9.97 Å². The minimum atomic E-state index is -1.22. The Morgan fingerprint density at radius 2 is 1.76 bits per heavy atom. The van der Waals surface area contributed by atoms with Crippen LogP contribution in [0.5, 0.6) is 11.5 Å². The molecule has 2 N–H and O–H groups in total. The molecule has 0 saturated heterocycles. The van der Waals surface area contributed by atoms with E-state index in [9.17, 15) is 4.39 Å². The van der Waals surface area contributed by atoms with Crippen molar-refractivity contribution >= 4 is 11.4 Å². The van der Waals surface area contributed by atoms with Crippen LogP contribution < -0.4 is 10.5 Å². The molecule has 2 aromatic heterocycles. The first kappa shape index (κ1) is 21.8. The van der Waals surface area contributed by atoms with Gasteiger partial charge in [0.25, 0.3) is 5.95 Å². The van der Waals surface area contributed by atoms with Gasteiger partial charge < -0.3 is 15.2 Å². The summed E-state index contributed by atoms with van der Waals surface area (Å²) in [6, 6.07) is 18.0. The molecular weight excluding hydrogens is 474 g/mol. The van der Waals surface area contributed by atoms with E-state index >= 15 is 4.39 Å². The van der Waals surface area contributed by atoms with Gasteiger partial charge in [0, 0.05) is 28.5 Å². The lowest BCUT2D eigenvalue weighted by Gasteiger charge is -2.36. The highest BCUT2D eigenvalue weighted by atomic mass is 19.1. The molecular formula is C29H20F2N4O2. The fraction of sp³-hybridized carbons (Fsp3) is 0.138. The molecule has 8 heteroatoms. The Morgan fingerprint density at radius 1 is 0.892 bits per heavy atom. The number of nitrogens with zero attached hydrogens (tertiary/aromatic N) is 3. The van der Waals surface area contributed by atoms with Gasteiger partial charge in [-0.05, 0) is 53.5 Å². The van der Waals surface area contributed by atoms with E-state index in [0.717, 1.165) is 16.7 Å². The Kier molecular flexibility index (Phi) is 4.74. The van der Waals surface area contributed by atoms with Crippen LogP contribution in [0.1, 0.15) is 34.4 Å². The number of fused-ring (bicyclic) bond motifs is 6. The van der Waals surface area contributed by atoms with Crippen molar-refractivity contribution in [2.45, 2.75) is 12.0 Å². The fourth-order valence-electron chi connectivity index (χ4n) is 5.43. The maximum atomic E-state index is 15.6. The highest BCUT2D eigenvalue weighted by Gasteiger charge is 2.50. The van der Waals surface area contributed by atoms with E-state index < -0.39 is 17.4 Å². The molecule has 7 rings (SSSR count). The van der Waals surface area contributed by atoms with Crippen molar-refractivity contribution in [1.82, 2.24) is 9.97 Å². The summed E-state index contributed by atoms with van der Waals surface area (Å²) in [6.07, 6.45) is 4.12. The number of benzene rings is 2. The van der Waals surface area contributed by atoms with Gasteiger partial charge in [0.05, 0.1) is 18.9 Å². The van der Waals surface area contributed by atoms with Crippen LogP contribution in [0.15, 0.2) is 77.9 Å². The largest absolute Gasteiger partial charge is 0.452 e. The van der Waals surface area contributed by atoms with Crippen molar-refractivity contribution in [2.75, 3.05) is 13.2 Å². The first-order valence-electron chi connectivity index (χ1n) is 11.9. The molecule has 0 bridgehead atoms. The first-order valence-corrected chi connectivity index (χ1v) is 11.9. The molecule has 5 heterocycles. The lowest BCUT2D eigenvalue weighted by molar-refractivity contribution is 0.164. The second-order valence-electron chi connectivity index (χ2n) is 9.15. The minimum absolute atomic E-state index is 0.0119. The van der Waals surface area contributed by atoms with Crippen LogP contribution in [-0.2, 0) is 10.3 Å². The van der Waals surface area contributed by atoms with E-state index in [4.69, 9.17) is 20.2 Å². The summed E-state index contributed by atoms with van der Waals surface area (Å²) in [5.41, 5.74) is 10.0. The van der Waals surface area contributed by atoms with Crippen LogP contribution >= 0.6 is 0 Å². The number of hydrogen-bond donors (Lipinski definition) is 1. The molecule has 6 nitrogen and oxygen atoms in total. The maximum absolute atomic E-state index is 15.6. The average Bonchev–Trinajstić information content (AvgIpc) is 3.23. The first-order chi connectivity index (χ1) is 18.1. The third-order valence-corrected chi connectivity index (χ3v) is 7.09. The summed E-state index contributed by atoms with van der Waals surface area (Å²) in [5.74, 6) is -0.634. The number of hydrogen-bond acceptors (Lipinski definition) is 6. The number of aliphatic imine (C=N–C) groups is 1. The fourth-order valence-corrected chi connectivity index (χ4v) is 5.43. The Labute approximate surface area is 211 Å². The number of aromatic nitrogens is 2. The van der Waals surface area contributed by atoms with Gasteiger partial charge in [-0.1, -0.05) is 36.4 Å². The van der Waals surface area contributed by atoms with Crippen molar-refractivity contribution in [3.63, 3.8) is 0 Å². The number of pyridine rings is 2. The lowest BCUT2D eigenvalue weighted by Crippen LogP contribution is -2.30. The Hall–Kier alpha value is -4.43. The predicted octanol–water partition coefficient (Wildman–Crippen LogP) is 5.34. The number of nitrogens with two attached hydrogens (primary N) is 1. The summed E-state index contributed by atoms with van der Waals surface area (Å²) < 4.78 is 42.0. The molecule has 37 heavy (non-hydrogen) atoms. The van der Waals surface area contributed by atoms with Gasteiger partial charge in [-0.25, -0.2) is 15.0 Å². The Balaban J connectivity index is 1.54. The third kappa shape index (κ3) is 3.15. The smallest absolute Gasteiger partial charge is 0.256 e. The van der Waals surface area contributed by atoms with Crippen molar-refractivity contribution in [3.05, 3.63) is 113 Å². The van der Waals surface area contributed by atoms with Crippen LogP contribution in [0.2, 0.25) is 0 Å². The van der Waals surface area contributed by atoms with Crippen molar-refractivity contribution in [1.29, 1.82) is 0 Å². The van der Waals surface area contributed by atoms with E-state index in [0.29, 0.717) is 59.2 Å². The van der Waals surface area contributed by atoms with E-state index in [1.165, 1.54) is 6.20 Å². The number of ether oxygens (including phenoxy) is 2. The Bertz CT molecular complexity index is 1670. The summed E-state index contributed by atoms with van der Waals surface area (Å²) in [6.45, 7) is 0.946. The maximum Gasteiger partial charge on any atom is 0.256 e. The number of amidine groups is 1. The molecule has 0 aliphatic carbocycles. The van der Waals surface area contributed by atoms with Gasteiger partial charge in [0.2, 0.25) is 5.95 Å². The average molecular weight is 495 g/mol. The van der Waals surface area contributed by atoms with Gasteiger partial charge in [0.15, 0.2) is 5.75 Å². The SMILES string of the molecule is NC1=N[C@@]2(c3cc(-c4cccnc4F)ccc3Oc3c2cc(C2=CCCOC2)nc3F)c2ccccc21. The minimum Gasteiger partial charge on any atom is -0.452 e. The quantitative estimate of drug-likeness (QED) is 0.380. The topological polar surface area (TPSA) is 82.6 Å². The molecule has 0 unspecified atom stereocenters. The van der Waals surface area contributed by atoms with Crippen molar-refractivity contribution in [3.8, 4) is 22.6 Å². The van der Waals surface area contributed by atoms with Crippen LogP contribution in [0, 0.1) is 11.9 Å². The molecule has 2 aromatic carbocycles. The molecule has 0 saturated carbocycles. The van der Waals surface area contributed by atoms with Crippen LogP contribution in [0.3, 0.4) is 0 Å². The molecule has 1 atom stereocenters. The van der Waals surface area contributed by atoms with Gasteiger partial charge in [-0.2, -0.15) is 8.78 Å². The third-order valence-electron chi connectivity index (χ3n) is 7.09. The second-order valence-corrected chi connectivity index (χ2v) is 9.15. The van der Waals surface area contributed by atoms with E-state index in [1.54, 1.807) is 30.3 Å². The van der Waals surface area contributed by atoms with Gasteiger partial charge >= 0.3 is 0 Å². The summed E-state index contributed by atoms with van der Waals surface area (Å²) in [7, 11) is 0. The molecule has 0 amide bonds. The zero-order valence-electron chi connectivity index (χ0n) is 19.5. The normalized spacial score (nSPS) is 19.4. The molecule has 4 aromatic rings. The Morgan fingerprint density at radius 3 is 2.59 bits per heavy atom. The van der Waals surface area contributed by atoms with Gasteiger partial charge in [0.1, 0.15) is 17.1 Å². The van der Waals surface area contributed by atoms with Crippen LogP contribution in [0.25, 0.3) is 16.7 Å². The highest BCUT2D eigenvalue weighted by Crippen LogP contribution is 2.56. The zero-order valence-corrected chi connectivity index (χ0v) is 19.5. The highest BCUT2D eigenvalue weighted by molar-refractivity contribution is 6.03. The standard InChI is InChI=1S/C29H20F2N4O2/c30-26-18(7-3-11-33-26)16-9-10-24-21(13-16)29(20-8-2-1-6-19(20)28(32)35-29)22-14-23(17-5-4-12-36-15-17)34-27(31)25(22)37-24/h1-3,5-11,13-14H,4,12,15H2,(H2,32,35)/t29-/m1/s1. The number of halogens is 2. The zero-order chi connectivity index (χ0) is 25.1. The van der Waals surface area contributed by atoms with Gasteiger partial charge in [-0.15, -0.1) is 0 Å². The number of rotatable bonds is 2. The molecule has 0 fully saturated rings. The van der Waals surface area contributed by atoms with E-state index in [-0.39, 0.29) is 5.75 Å². The molecule has 3 aliphatic heterocycles. The summed E-state index contributed by atoms with van der Waals surface area (Å²) in [4.78, 5) is 13.0. The van der Waals surface area contributed by atoms with E-state index in [1.807, 2.05) is 36.4 Å². The van der Waals surface area contributed by atoms with Gasteiger partial charge in [-0.3, -0.25) is 0 Å². The van der Waals surface area contributed by atoms with Crippen molar-refractivity contribution in [2.24, 2.45) is 10.7 Å². The summed E-state index contributed by atoms with van der Waals surface area (Å²) >= 11 is 0. The predicted molar refractivity (Wildman–Crippen MR) is 134 cm³/mol. The molecule has 3 aliphatic rings. The van der Waals surface area contributed by atoms with Crippen LogP contribution in [0.4, 0.5) is 8.78 Å². The molecule has 182 valence electrons. The van der Waals surface area contributed by atoms with Crippen LogP contribution in [-0.4, -0.2) is 29.0 Å². The lowest BCUT2D eigenvalue weighted by atomic mass is 9.74.